The first-order valence-electron chi connectivity index (χ1n) is 9.12. The molecule has 3 N–H and O–H groups in total. The van der Waals surface area contributed by atoms with Crippen LogP contribution in [0.15, 0.2) is 18.2 Å². The molecule has 1 fully saturated rings. The molecular weight excluding hydrogens is 366 g/mol. The zero-order valence-corrected chi connectivity index (χ0v) is 16.1. The highest BCUT2D eigenvalue weighted by Crippen LogP contribution is 2.23. The summed E-state index contributed by atoms with van der Waals surface area (Å²) < 4.78 is 0. The second-order valence-electron chi connectivity index (χ2n) is 6.89. The van der Waals surface area contributed by atoms with Crippen LogP contribution < -0.4 is 10.6 Å². The normalized spacial score (nSPS) is 15.8. The summed E-state index contributed by atoms with van der Waals surface area (Å²) >= 11 is 0. The third-order valence-electron chi connectivity index (χ3n) is 5.23. The highest BCUT2D eigenvalue weighted by Gasteiger charge is 2.24. The van der Waals surface area contributed by atoms with Gasteiger partial charge >= 0.3 is 0 Å². The van der Waals surface area contributed by atoms with E-state index in [-0.39, 0.29) is 24.2 Å². The van der Waals surface area contributed by atoms with Crippen molar-refractivity contribution in [2.45, 2.75) is 32.7 Å². The van der Waals surface area contributed by atoms with Crippen LogP contribution >= 0.6 is 12.4 Å². The molecule has 2 aliphatic rings. The first-order valence-corrected chi connectivity index (χ1v) is 9.12. The van der Waals surface area contributed by atoms with Gasteiger partial charge in [-0.3, -0.25) is 14.7 Å². The third kappa shape index (κ3) is 3.70. The van der Waals surface area contributed by atoms with Crippen LogP contribution in [0.2, 0.25) is 0 Å². The van der Waals surface area contributed by atoms with Gasteiger partial charge in [0.2, 0.25) is 0 Å². The van der Waals surface area contributed by atoms with E-state index in [1.165, 1.54) is 0 Å². The lowest BCUT2D eigenvalue weighted by molar-refractivity contribution is 0.0791. The molecule has 0 spiro atoms. The van der Waals surface area contributed by atoms with Crippen LogP contribution in [0.25, 0.3) is 0 Å². The van der Waals surface area contributed by atoms with Gasteiger partial charge in [-0.25, -0.2) is 0 Å². The largest absolute Gasteiger partial charge is 0.339 e. The number of rotatable bonds is 3. The number of carbonyl (C=O) groups excluding carboxylic acids is 2. The maximum Gasteiger partial charge on any atom is 0.276 e. The van der Waals surface area contributed by atoms with Crippen molar-refractivity contribution in [1.82, 2.24) is 20.4 Å². The van der Waals surface area contributed by atoms with Crippen LogP contribution in [0.4, 0.5) is 5.69 Å². The Labute approximate surface area is 164 Å². The predicted molar refractivity (Wildman–Crippen MR) is 106 cm³/mol. The Morgan fingerprint density at radius 2 is 2.00 bits per heavy atom. The van der Waals surface area contributed by atoms with E-state index >= 15 is 0 Å². The fraction of sp³-hybridized carbons (Fsp3) is 0.421. The number of carbonyl (C=O) groups is 2. The average Bonchev–Trinajstić information content (AvgIpc) is 3.32. The number of hydrogen-bond donors (Lipinski definition) is 3. The maximum absolute atomic E-state index is 12.7. The molecule has 144 valence electrons. The topological polar surface area (TPSA) is 90.1 Å². The second-order valence-corrected chi connectivity index (χ2v) is 6.89. The number of H-pyrrole nitrogens is 1. The summed E-state index contributed by atoms with van der Waals surface area (Å²) in [5.41, 5.74) is 4.46. The summed E-state index contributed by atoms with van der Waals surface area (Å²) in [7, 11) is 0. The summed E-state index contributed by atoms with van der Waals surface area (Å²) in [6.45, 7) is 5.01. The number of halogens is 1. The van der Waals surface area contributed by atoms with Gasteiger partial charge in [-0.05, 0) is 37.5 Å². The number of aromatic amines is 1. The molecule has 1 aromatic carbocycles. The summed E-state index contributed by atoms with van der Waals surface area (Å²) in [5.74, 6) is -0.211. The van der Waals surface area contributed by atoms with E-state index < -0.39 is 0 Å². The Morgan fingerprint density at radius 1 is 1.22 bits per heavy atom. The Hall–Kier alpha value is -2.38. The van der Waals surface area contributed by atoms with E-state index in [0.717, 1.165) is 55.7 Å². The summed E-state index contributed by atoms with van der Waals surface area (Å²) in [6, 6.07) is 5.46. The van der Waals surface area contributed by atoms with Crippen molar-refractivity contribution in [1.29, 1.82) is 0 Å². The van der Waals surface area contributed by atoms with Crippen molar-refractivity contribution in [2.24, 2.45) is 0 Å². The highest BCUT2D eigenvalue weighted by atomic mass is 35.5. The second kappa shape index (κ2) is 8.10. The molecule has 0 radical (unpaired) electrons. The molecule has 2 aliphatic heterocycles. The van der Waals surface area contributed by atoms with Crippen molar-refractivity contribution in [3.8, 4) is 0 Å². The number of nitrogens with one attached hydrogen (secondary N) is 3. The van der Waals surface area contributed by atoms with Gasteiger partial charge in [-0.2, -0.15) is 5.10 Å². The first kappa shape index (κ1) is 19.4. The van der Waals surface area contributed by atoms with Gasteiger partial charge in [0.25, 0.3) is 11.8 Å². The molecule has 2 aromatic rings. The molecule has 4 rings (SSSR count). The first-order chi connectivity index (χ1) is 12.6. The lowest BCUT2D eigenvalue weighted by Gasteiger charge is -2.18. The Bertz CT molecular complexity index is 858. The zero-order valence-electron chi connectivity index (χ0n) is 15.3. The smallest absolute Gasteiger partial charge is 0.276 e. The van der Waals surface area contributed by atoms with Crippen molar-refractivity contribution >= 4 is 29.9 Å². The van der Waals surface area contributed by atoms with Crippen LogP contribution in [0.1, 0.15) is 50.5 Å². The maximum atomic E-state index is 12.7. The molecule has 1 aromatic heterocycles. The molecule has 2 amide bonds. The molecular formula is C19H24ClN5O2. The Kier molecular flexibility index (Phi) is 5.82. The number of likely N-dealkylation sites (tertiary alicyclic amines) is 1. The van der Waals surface area contributed by atoms with Crippen LogP contribution in [-0.4, -0.2) is 46.5 Å². The number of anilines is 1. The van der Waals surface area contributed by atoms with Crippen LogP contribution in [-0.2, 0) is 13.0 Å². The van der Waals surface area contributed by atoms with Gasteiger partial charge in [0.1, 0.15) is 0 Å². The SMILES string of the molecule is Cc1c(NC(=O)c2n[nH]c3c2CNCC3)cccc1C(=O)N1CCCC1.Cl. The molecule has 0 saturated carbocycles. The fourth-order valence-corrected chi connectivity index (χ4v) is 3.69. The summed E-state index contributed by atoms with van der Waals surface area (Å²) in [5, 5.41) is 13.3. The van der Waals surface area contributed by atoms with Crippen molar-refractivity contribution < 1.29 is 9.59 Å². The number of aromatic nitrogens is 2. The quantitative estimate of drug-likeness (QED) is 0.751. The van der Waals surface area contributed by atoms with Gasteiger partial charge in [0, 0.05) is 55.1 Å². The standard InChI is InChI=1S/C19H23N5O2.ClH/c1-12-13(19(26)24-9-2-3-10-24)5-4-6-15(12)21-18(25)17-14-11-20-8-7-16(14)22-23-17;/h4-6,20H,2-3,7-11H2,1H3,(H,21,25)(H,22,23);1H. The molecule has 1 saturated heterocycles. The number of benzene rings is 1. The molecule has 8 heteroatoms. The lowest BCUT2D eigenvalue weighted by atomic mass is 10.0. The van der Waals surface area contributed by atoms with Crippen molar-refractivity contribution in [2.75, 3.05) is 25.0 Å². The van der Waals surface area contributed by atoms with Crippen molar-refractivity contribution in [3.05, 3.63) is 46.3 Å². The minimum Gasteiger partial charge on any atom is -0.339 e. The molecule has 0 bridgehead atoms. The van der Waals surface area contributed by atoms with Gasteiger partial charge in [-0.15, -0.1) is 12.4 Å². The minimum absolute atomic E-state index is 0. The summed E-state index contributed by atoms with van der Waals surface area (Å²) in [6.07, 6.45) is 2.95. The van der Waals surface area contributed by atoms with Gasteiger partial charge in [-0.1, -0.05) is 6.07 Å². The Morgan fingerprint density at radius 3 is 2.78 bits per heavy atom. The number of fused-ring (bicyclic) bond motifs is 1. The summed E-state index contributed by atoms with van der Waals surface area (Å²) in [4.78, 5) is 27.3. The van der Waals surface area contributed by atoms with Crippen LogP contribution in [0.5, 0.6) is 0 Å². The molecule has 0 aliphatic carbocycles. The highest BCUT2D eigenvalue weighted by molar-refractivity contribution is 6.06. The number of nitrogens with zero attached hydrogens (tertiary/aromatic N) is 2. The predicted octanol–water partition coefficient (Wildman–Crippen LogP) is 2.27. The van der Waals surface area contributed by atoms with E-state index in [1.807, 2.05) is 30.0 Å². The molecule has 0 atom stereocenters. The lowest BCUT2D eigenvalue weighted by Crippen LogP contribution is -2.28. The molecule has 27 heavy (non-hydrogen) atoms. The molecule has 7 nitrogen and oxygen atoms in total. The van der Waals surface area contributed by atoms with E-state index in [9.17, 15) is 9.59 Å². The number of hydrogen-bond acceptors (Lipinski definition) is 4. The molecule has 0 unspecified atom stereocenters. The van der Waals surface area contributed by atoms with Crippen molar-refractivity contribution in [3.63, 3.8) is 0 Å². The zero-order chi connectivity index (χ0) is 18.1. The van der Waals surface area contributed by atoms with Gasteiger partial charge in [0.15, 0.2) is 5.69 Å². The fourth-order valence-electron chi connectivity index (χ4n) is 3.69. The third-order valence-corrected chi connectivity index (χ3v) is 5.23. The van der Waals surface area contributed by atoms with Crippen LogP contribution in [0.3, 0.4) is 0 Å². The van der Waals surface area contributed by atoms with E-state index in [2.05, 4.69) is 20.8 Å². The van der Waals surface area contributed by atoms with Gasteiger partial charge in [0.05, 0.1) is 0 Å². The van der Waals surface area contributed by atoms with Crippen LogP contribution in [0, 0.1) is 6.92 Å². The van der Waals surface area contributed by atoms with E-state index in [0.29, 0.717) is 23.5 Å². The minimum atomic E-state index is -0.250. The monoisotopic (exact) mass is 389 g/mol. The van der Waals surface area contributed by atoms with E-state index in [4.69, 9.17) is 0 Å². The number of amides is 2. The van der Waals surface area contributed by atoms with Gasteiger partial charge < -0.3 is 15.5 Å². The Balaban J connectivity index is 0.00000210. The van der Waals surface area contributed by atoms with E-state index in [1.54, 1.807) is 0 Å². The molecule has 3 heterocycles. The average molecular weight is 390 g/mol.